The molecule has 0 bridgehead atoms. The maximum Gasteiger partial charge on any atom is 0.259 e. The zero-order valence-electron chi connectivity index (χ0n) is 15.6. The van der Waals surface area contributed by atoms with Gasteiger partial charge in [-0.2, -0.15) is 0 Å². The van der Waals surface area contributed by atoms with Gasteiger partial charge in [0.1, 0.15) is 5.75 Å². The fourth-order valence-electron chi connectivity index (χ4n) is 2.63. The van der Waals surface area contributed by atoms with Crippen molar-refractivity contribution in [1.29, 1.82) is 0 Å². The number of aromatic nitrogens is 2. The second kappa shape index (κ2) is 8.31. The van der Waals surface area contributed by atoms with Crippen molar-refractivity contribution in [1.82, 2.24) is 9.97 Å². The third-order valence-electron chi connectivity index (χ3n) is 4.16. The molecule has 6 nitrogen and oxygen atoms in total. The molecule has 0 aliphatic rings. The van der Waals surface area contributed by atoms with E-state index in [1.165, 1.54) is 6.20 Å². The van der Waals surface area contributed by atoms with E-state index in [2.05, 4.69) is 20.6 Å². The monoisotopic (exact) mass is 362 g/mol. The lowest BCUT2D eigenvalue weighted by Gasteiger charge is -2.11. The predicted molar refractivity (Wildman–Crippen MR) is 106 cm³/mol. The number of para-hydroxylation sites is 1. The van der Waals surface area contributed by atoms with Gasteiger partial charge in [-0.3, -0.25) is 4.79 Å². The molecule has 6 heteroatoms. The number of carbonyl (C=O) groups is 1. The normalized spacial score (nSPS) is 10.3. The smallest absolute Gasteiger partial charge is 0.259 e. The Morgan fingerprint density at radius 3 is 2.52 bits per heavy atom. The molecule has 0 fully saturated rings. The summed E-state index contributed by atoms with van der Waals surface area (Å²) in [5.74, 6) is 1.04. The van der Waals surface area contributed by atoms with E-state index in [0.717, 1.165) is 22.6 Å². The van der Waals surface area contributed by atoms with Gasteiger partial charge in [-0.1, -0.05) is 35.9 Å². The van der Waals surface area contributed by atoms with Crippen LogP contribution in [0.1, 0.15) is 27.2 Å². The first kappa shape index (κ1) is 18.4. The highest BCUT2D eigenvalue weighted by molar-refractivity contribution is 6.04. The van der Waals surface area contributed by atoms with E-state index in [-0.39, 0.29) is 5.91 Å². The number of nitrogens with zero attached hydrogens (tertiary/aromatic N) is 2. The van der Waals surface area contributed by atoms with E-state index in [1.54, 1.807) is 14.0 Å². The number of hydrogen-bond donors (Lipinski definition) is 2. The van der Waals surface area contributed by atoms with Crippen LogP contribution in [0.2, 0.25) is 0 Å². The molecule has 3 rings (SSSR count). The number of nitrogens with one attached hydrogen (secondary N) is 2. The number of ether oxygens (including phenoxy) is 1. The van der Waals surface area contributed by atoms with Crippen molar-refractivity contribution in [3.8, 4) is 5.75 Å². The number of benzene rings is 2. The first-order valence-corrected chi connectivity index (χ1v) is 8.64. The summed E-state index contributed by atoms with van der Waals surface area (Å²) in [7, 11) is 1.64. The molecule has 0 radical (unpaired) electrons. The zero-order chi connectivity index (χ0) is 19.2. The minimum absolute atomic E-state index is 0.229. The molecule has 27 heavy (non-hydrogen) atoms. The second-order valence-electron chi connectivity index (χ2n) is 6.18. The molecular weight excluding hydrogens is 340 g/mol. The third kappa shape index (κ3) is 4.61. The van der Waals surface area contributed by atoms with Gasteiger partial charge in [-0.05, 0) is 32.0 Å². The van der Waals surface area contributed by atoms with Crippen LogP contribution in [0.4, 0.5) is 11.6 Å². The Balaban J connectivity index is 1.68. The van der Waals surface area contributed by atoms with E-state index in [9.17, 15) is 4.79 Å². The summed E-state index contributed by atoms with van der Waals surface area (Å²) >= 11 is 0. The minimum Gasteiger partial charge on any atom is -0.496 e. The summed E-state index contributed by atoms with van der Waals surface area (Å²) in [6.07, 6.45) is 1.54. The summed E-state index contributed by atoms with van der Waals surface area (Å²) in [5, 5.41) is 6.03. The summed E-state index contributed by atoms with van der Waals surface area (Å²) < 4.78 is 5.34. The number of carbonyl (C=O) groups excluding carboxylic acids is 1. The van der Waals surface area contributed by atoms with Gasteiger partial charge in [0.15, 0.2) is 0 Å². The molecule has 0 atom stereocenters. The molecule has 0 unspecified atom stereocenters. The van der Waals surface area contributed by atoms with Crippen LogP contribution in [0, 0.1) is 13.8 Å². The SMILES string of the molecule is COc1ccccc1CNc1ncc(C(=O)Nc2ccc(C)cc2)c(C)n1. The molecule has 0 saturated carbocycles. The van der Waals surface area contributed by atoms with Crippen molar-refractivity contribution >= 4 is 17.5 Å². The summed E-state index contributed by atoms with van der Waals surface area (Å²) in [6, 6.07) is 15.4. The van der Waals surface area contributed by atoms with Crippen molar-refractivity contribution in [2.24, 2.45) is 0 Å². The molecule has 0 saturated heterocycles. The molecule has 0 aliphatic heterocycles. The summed E-state index contributed by atoms with van der Waals surface area (Å²) in [6.45, 7) is 4.32. The Kier molecular flexibility index (Phi) is 5.66. The van der Waals surface area contributed by atoms with E-state index >= 15 is 0 Å². The first-order valence-electron chi connectivity index (χ1n) is 8.64. The number of anilines is 2. The maximum absolute atomic E-state index is 12.5. The van der Waals surface area contributed by atoms with Crippen LogP contribution in [0.25, 0.3) is 0 Å². The van der Waals surface area contributed by atoms with Gasteiger partial charge in [-0.15, -0.1) is 0 Å². The van der Waals surface area contributed by atoms with Crippen molar-refractivity contribution < 1.29 is 9.53 Å². The second-order valence-corrected chi connectivity index (χ2v) is 6.18. The van der Waals surface area contributed by atoms with Crippen LogP contribution in [0.3, 0.4) is 0 Å². The predicted octanol–water partition coefficient (Wildman–Crippen LogP) is 3.97. The van der Waals surface area contributed by atoms with Crippen molar-refractivity contribution in [3.05, 3.63) is 77.1 Å². The van der Waals surface area contributed by atoms with Crippen molar-refractivity contribution in [2.45, 2.75) is 20.4 Å². The lowest BCUT2D eigenvalue weighted by atomic mass is 10.2. The number of aryl methyl sites for hydroxylation is 2. The molecule has 1 aromatic heterocycles. The number of hydrogen-bond acceptors (Lipinski definition) is 5. The molecule has 2 N–H and O–H groups in total. The largest absolute Gasteiger partial charge is 0.496 e. The van der Waals surface area contributed by atoms with Crippen molar-refractivity contribution in [2.75, 3.05) is 17.7 Å². The minimum atomic E-state index is -0.229. The van der Waals surface area contributed by atoms with Crippen LogP contribution in [0.5, 0.6) is 5.75 Å². The molecule has 1 amide bonds. The van der Waals surface area contributed by atoms with Gasteiger partial charge in [0.25, 0.3) is 5.91 Å². The summed E-state index contributed by atoms with van der Waals surface area (Å²) in [5.41, 5.74) is 3.93. The molecule has 0 spiro atoms. The Hall–Kier alpha value is -3.41. The Labute approximate surface area is 158 Å². The van der Waals surface area contributed by atoms with E-state index < -0.39 is 0 Å². The van der Waals surface area contributed by atoms with Crippen LogP contribution < -0.4 is 15.4 Å². The van der Waals surface area contributed by atoms with Crippen LogP contribution in [-0.4, -0.2) is 23.0 Å². The number of methoxy groups -OCH3 is 1. The third-order valence-corrected chi connectivity index (χ3v) is 4.16. The number of rotatable bonds is 6. The van der Waals surface area contributed by atoms with E-state index in [1.807, 2.05) is 55.5 Å². The molecule has 1 heterocycles. The fraction of sp³-hybridized carbons (Fsp3) is 0.190. The van der Waals surface area contributed by atoms with Gasteiger partial charge in [-0.25, -0.2) is 9.97 Å². The first-order chi connectivity index (χ1) is 13.1. The number of amides is 1. The zero-order valence-corrected chi connectivity index (χ0v) is 15.6. The Morgan fingerprint density at radius 1 is 1.07 bits per heavy atom. The fourth-order valence-corrected chi connectivity index (χ4v) is 2.63. The van der Waals surface area contributed by atoms with Gasteiger partial charge in [0, 0.05) is 24.0 Å². The Morgan fingerprint density at radius 2 is 1.81 bits per heavy atom. The topological polar surface area (TPSA) is 76.1 Å². The standard InChI is InChI=1S/C21H22N4O2/c1-14-8-10-17(11-9-14)25-20(26)18-13-23-21(24-15(18)2)22-12-16-6-4-5-7-19(16)27-3/h4-11,13H,12H2,1-3H3,(H,25,26)(H,22,23,24). The van der Waals surface area contributed by atoms with Gasteiger partial charge >= 0.3 is 0 Å². The molecule has 0 aliphatic carbocycles. The Bertz CT molecular complexity index is 939. The lowest BCUT2D eigenvalue weighted by molar-refractivity contribution is 0.102. The van der Waals surface area contributed by atoms with Crippen LogP contribution >= 0.6 is 0 Å². The highest BCUT2D eigenvalue weighted by Crippen LogP contribution is 2.18. The van der Waals surface area contributed by atoms with Crippen LogP contribution in [0.15, 0.2) is 54.7 Å². The van der Waals surface area contributed by atoms with Gasteiger partial charge in [0.2, 0.25) is 5.95 Å². The molecule has 138 valence electrons. The molecular formula is C21H22N4O2. The molecule has 2 aromatic carbocycles. The molecule has 3 aromatic rings. The van der Waals surface area contributed by atoms with Gasteiger partial charge in [0.05, 0.1) is 18.4 Å². The summed E-state index contributed by atoms with van der Waals surface area (Å²) in [4.78, 5) is 21.1. The van der Waals surface area contributed by atoms with E-state index in [0.29, 0.717) is 23.8 Å². The highest BCUT2D eigenvalue weighted by Gasteiger charge is 2.12. The van der Waals surface area contributed by atoms with E-state index in [4.69, 9.17) is 4.74 Å². The average molecular weight is 362 g/mol. The van der Waals surface area contributed by atoms with Crippen LogP contribution in [-0.2, 0) is 6.54 Å². The lowest BCUT2D eigenvalue weighted by Crippen LogP contribution is -2.15. The quantitative estimate of drug-likeness (QED) is 0.694. The highest BCUT2D eigenvalue weighted by atomic mass is 16.5. The maximum atomic E-state index is 12.5. The van der Waals surface area contributed by atoms with Crippen molar-refractivity contribution in [3.63, 3.8) is 0 Å². The van der Waals surface area contributed by atoms with Gasteiger partial charge < -0.3 is 15.4 Å². The average Bonchev–Trinajstić information content (AvgIpc) is 2.68.